The number of hydrogen-bond donors (Lipinski definition) is 0. The predicted molar refractivity (Wildman–Crippen MR) is 99.8 cm³/mol. The molecule has 12 heteroatoms. The van der Waals surface area contributed by atoms with Gasteiger partial charge in [-0.25, -0.2) is 9.69 Å². The highest BCUT2D eigenvalue weighted by Crippen LogP contribution is 2.43. The van der Waals surface area contributed by atoms with Crippen LogP contribution in [0.15, 0.2) is 18.2 Å². The summed E-state index contributed by atoms with van der Waals surface area (Å²) < 4.78 is 44.5. The van der Waals surface area contributed by atoms with Gasteiger partial charge < -0.3 is 14.5 Å². The standard InChI is InChI=1S/C20H17F3N4O5/c1-32-16(29)5-4-15(28)25-9-12-7-14(25)17-18(30)27(19(31)26(12)17)11-3-2-10(8-24)13(6-11)20(21,22)23/h2-3,6,12,14,17H,4-5,7,9H2,1H3/t12-,14?,17-/m1/s1. The van der Waals surface area contributed by atoms with Crippen LogP contribution in [0.5, 0.6) is 0 Å². The summed E-state index contributed by atoms with van der Waals surface area (Å²) in [5.41, 5.74) is -2.15. The van der Waals surface area contributed by atoms with Gasteiger partial charge in [-0.05, 0) is 24.6 Å². The molecule has 0 N–H and O–H groups in total. The van der Waals surface area contributed by atoms with E-state index < -0.39 is 53.3 Å². The molecule has 2 bridgehead atoms. The lowest BCUT2D eigenvalue weighted by atomic mass is 10.1. The lowest BCUT2D eigenvalue weighted by molar-refractivity contribution is -0.144. The van der Waals surface area contributed by atoms with E-state index in [0.29, 0.717) is 17.4 Å². The Balaban J connectivity index is 1.59. The van der Waals surface area contributed by atoms with E-state index >= 15 is 0 Å². The number of piperazine rings is 1. The molecule has 0 spiro atoms. The van der Waals surface area contributed by atoms with Gasteiger partial charge in [-0.15, -0.1) is 0 Å². The zero-order valence-electron chi connectivity index (χ0n) is 16.8. The van der Waals surface area contributed by atoms with E-state index in [0.717, 1.165) is 12.1 Å². The van der Waals surface area contributed by atoms with Crippen molar-refractivity contribution in [2.24, 2.45) is 0 Å². The fourth-order valence-corrected chi connectivity index (χ4v) is 4.64. The minimum atomic E-state index is -4.84. The molecule has 0 aliphatic carbocycles. The van der Waals surface area contributed by atoms with Crippen molar-refractivity contribution < 1.29 is 37.1 Å². The van der Waals surface area contributed by atoms with Gasteiger partial charge in [-0.1, -0.05) is 0 Å². The second-order valence-electron chi connectivity index (χ2n) is 7.73. The third-order valence-electron chi connectivity index (χ3n) is 6.04. The summed E-state index contributed by atoms with van der Waals surface area (Å²) in [6.45, 7) is 0.176. The smallest absolute Gasteiger partial charge is 0.417 e. The molecule has 0 radical (unpaired) electrons. The van der Waals surface area contributed by atoms with Crippen LogP contribution in [0.25, 0.3) is 0 Å². The Morgan fingerprint density at radius 2 is 1.97 bits per heavy atom. The van der Waals surface area contributed by atoms with Gasteiger partial charge in [0.2, 0.25) is 5.91 Å². The molecule has 4 rings (SSSR count). The number of likely N-dealkylation sites (tertiary alicyclic amines) is 1. The Bertz CT molecular complexity index is 1070. The minimum Gasteiger partial charge on any atom is -0.469 e. The quantitative estimate of drug-likeness (QED) is 0.510. The Labute approximate surface area is 179 Å². The maximum atomic E-state index is 13.3. The number of anilines is 1. The van der Waals surface area contributed by atoms with Crippen LogP contribution in [0.4, 0.5) is 23.7 Å². The van der Waals surface area contributed by atoms with Gasteiger partial charge in [0, 0.05) is 13.0 Å². The maximum absolute atomic E-state index is 13.3. The van der Waals surface area contributed by atoms with Crippen LogP contribution in [-0.4, -0.2) is 65.4 Å². The van der Waals surface area contributed by atoms with Crippen molar-refractivity contribution >= 4 is 29.5 Å². The number of nitriles is 1. The summed E-state index contributed by atoms with van der Waals surface area (Å²) in [5.74, 6) is -1.64. The molecule has 0 saturated carbocycles. The molecule has 3 saturated heterocycles. The molecule has 1 aromatic rings. The number of carbonyl (C=O) groups excluding carboxylic acids is 4. The van der Waals surface area contributed by atoms with Gasteiger partial charge in [-0.2, -0.15) is 18.4 Å². The molecule has 3 aliphatic heterocycles. The van der Waals surface area contributed by atoms with Crippen LogP contribution in [0.2, 0.25) is 0 Å². The molecule has 3 fully saturated rings. The van der Waals surface area contributed by atoms with E-state index in [2.05, 4.69) is 4.74 Å². The Morgan fingerprint density at radius 1 is 1.25 bits per heavy atom. The van der Waals surface area contributed by atoms with E-state index in [1.807, 2.05) is 0 Å². The first kappa shape index (κ1) is 21.6. The number of halogens is 3. The van der Waals surface area contributed by atoms with Crippen molar-refractivity contribution in [2.45, 2.75) is 43.6 Å². The summed E-state index contributed by atoms with van der Waals surface area (Å²) in [5, 5.41) is 8.95. The number of ether oxygens (including phenoxy) is 1. The number of fused-ring (bicyclic) bond motifs is 5. The second-order valence-corrected chi connectivity index (χ2v) is 7.73. The van der Waals surface area contributed by atoms with Crippen molar-refractivity contribution in [3.8, 4) is 6.07 Å². The molecule has 0 aromatic heterocycles. The van der Waals surface area contributed by atoms with E-state index in [-0.39, 0.29) is 31.0 Å². The van der Waals surface area contributed by atoms with E-state index in [1.165, 1.54) is 23.0 Å². The average Bonchev–Trinajstić information content (AvgIpc) is 3.42. The number of rotatable bonds is 4. The first-order valence-corrected chi connectivity index (χ1v) is 9.72. The first-order chi connectivity index (χ1) is 15.1. The summed E-state index contributed by atoms with van der Waals surface area (Å²) in [4.78, 5) is 53.3. The highest BCUT2D eigenvalue weighted by Gasteiger charge is 2.62. The summed E-state index contributed by atoms with van der Waals surface area (Å²) >= 11 is 0. The molecule has 1 aromatic carbocycles. The predicted octanol–water partition coefficient (Wildman–Crippen LogP) is 1.65. The van der Waals surface area contributed by atoms with Crippen molar-refractivity contribution in [2.75, 3.05) is 18.6 Å². The van der Waals surface area contributed by atoms with Crippen LogP contribution in [0, 0.1) is 11.3 Å². The van der Waals surface area contributed by atoms with Gasteiger partial charge in [0.05, 0.1) is 48.5 Å². The number of alkyl halides is 3. The number of urea groups is 1. The van der Waals surface area contributed by atoms with Gasteiger partial charge in [0.1, 0.15) is 6.04 Å². The zero-order chi connectivity index (χ0) is 23.4. The summed E-state index contributed by atoms with van der Waals surface area (Å²) in [7, 11) is 1.20. The van der Waals surface area contributed by atoms with Crippen LogP contribution >= 0.6 is 0 Å². The zero-order valence-corrected chi connectivity index (χ0v) is 16.8. The number of carbonyl (C=O) groups is 4. The van der Waals surface area contributed by atoms with E-state index in [4.69, 9.17) is 5.26 Å². The van der Waals surface area contributed by atoms with Crippen molar-refractivity contribution in [3.05, 3.63) is 29.3 Å². The molecule has 168 valence electrons. The topological polar surface area (TPSA) is 111 Å². The number of imide groups is 1. The van der Waals surface area contributed by atoms with E-state index in [9.17, 15) is 32.3 Å². The van der Waals surface area contributed by atoms with Crippen molar-refractivity contribution in [3.63, 3.8) is 0 Å². The largest absolute Gasteiger partial charge is 0.469 e. The number of methoxy groups -OCH3 is 1. The molecule has 1 unspecified atom stereocenters. The molecular formula is C20H17F3N4O5. The van der Waals surface area contributed by atoms with Crippen molar-refractivity contribution in [1.29, 1.82) is 5.26 Å². The van der Waals surface area contributed by atoms with Crippen LogP contribution in [0.1, 0.15) is 30.4 Å². The minimum absolute atomic E-state index is 0.112. The Kier molecular flexibility index (Phi) is 5.07. The fourth-order valence-electron chi connectivity index (χ4n) is 4.64. The Hall–Kier alpha value is -3.62. The van der Waals surface area contributed by atoms with Gasteiger partial charge in [-0.3, -0.25) is 14.4 Å². The number of nitrogens with zero attached hydrogens (tertiary/aromatic N) is 4. The molecule has 4 amide bonds. The molecule has 32 heavy (non-hydrogen) atoms. The van der Waals surface area contributed by atoms with Gasteiger partial charge >= 0.3 is 18.2 Å². The molecular weight excluding hydrogens is 433 g/mol. The number of hydrogen-bond acceptors (Lipinski definition) is 6. The molecule has 3 atom stereocenters. The number of amides is 4. The van der Waals surface area contributed by atoms with Gasteiger partial charge in [0.15, 0.2) is 0 Å². The third kappa shape index (κ3) is 3.24. The Morgan fingerprint density at radius 3 is 2.59 bits per heavy atom. The number of esters is 1. The van der Waals surface area contributed by atoms with Gasteiger partial charge in [0.25, 0.3) is 5.91 Å². The average molecular weight is 450 g/mol. The summed E-state index contributed by atoms with van der Waals surface area (Å²) in [6.07, 6.45) is -4.70. The fraction of sp³-hybridized carbons (Fsp3) is 0.450. The molecule has 3 aliphatic rings. The SMILES string of the molecule is COC(=O)CCC(=O)N1C[C@H]2CC1[C@@H]1C(=O)N(c3ccc(C#N)c(C(F)(F)F)c3)C(=O)N21. The highest BCUT2D eigenvalue weighted by molar-refractivity contribution is 6.22. The monoisotopic (exact) mass is 450 g/mol. The van der Waals surface area contributed by atoms with Crippen molar-refractivity contribution in [1.82, 2.24) is 9.80 Å². The normalized spacial score (nSPS) is 24.1. The summed E-state index contributed by atoms with van der Waals surface area (Å²) in [6, 6.07) is 1.26. The lowest BCUT2D eigenvalue weighted by Crippen LogP contribution is -2.54. The second kappa shape index (κ2) is 7.51. The highest BCUT2D eigenvalue weighted by atomic mass is 19.4. The third-order valence-corrected chi connectivity index (χ3v) is 6.04. The lowest BCUT2D eigenvalue weighted by Gasteiger charge is -2.34. The van der Waals surface area contributed by atoms with Crippen LogP contribution in [-0.2, 0) is 25.3 Å². The van der Waals surface area contributed by atoms with Crippen LogP contribution in [0.3, 0.4) is 0 Å². The molecule has 3 heterocycles. The first-order valence-electron chi connectivity index (χ1n) is 9.72. The maximum Gasteiger partial charge on any atom is 0.417 e. The van der Waals surface area contributed by atoms with Crippen LogP contribution < -0.4 is 4.90 Å². The van der Waals surface area contributed by atoms with E-state index in [1.54, 1.807) is 0 Å². The number of benzene rings is 1. The molecule has 9 nitrogen and oxygen atoms in total.